The molecule has 0 fully saturated rings. The molecular formula is C33H36FN3O6S. The summed E-state index contributed by atoms with van der Waals surface area (Å²) in [5, 5.41) is 12.1. The third kappa shape index (κ3) is 7.51. The molecule has 0 N–H and O–H groups in total. The summed E-state index contributed by atoms with van der Waals surface area (Å²) >= 11 is 1.53. The first kappa shape index (κ1) is 31.3. The van der Waals surface area contributed by atoms with E-state index in [1.165, 1.54) is 23.5 Å². The monoisotopic (exact) mass is 621 g/mol. The lowest BCUT2D eigenvalue weighted by molar-refractivity contribution is -0.144. The average Bonchev–Trinajstić information content (AvgIpc) is 3.48. The molecule has 232 valence electrons. The maximum atomic E-state index is 14.2. The maximum absolute atomic E-state index is 14.2. The van der Waals surface area contributed by atoms with Gasteiger partial charge >= 0.3 is 12.1 Å². The zero-order chi connectivity index (χ0) is 31.3. The minimum atomic E-state index is -0.542. The largest absolute Gasteiger partial charge is 0.490 e. The molecule has 1 amide bonds. The number of aromatic nitrogens is 2. The summed E-state index contributed by atoms with van der Waals surface area (Å²) in [6.45, 7) is 9.35. The van der Waals surface area contributed by atoms with Crippen LogP contribution in [-0.4, -0.2) is 65.7 Å². The van der Waals surface area contributed by atoms with Gasteiger partial charge in [0.2, 0.25) is 0 Å². The molecule has 5 rings (SSSR count). The smallest absolute Gasteiger partial charge is 0.410 e. The Kier molecular flexibility index (Phi) is 9.75. The van der Waals surface area contributed by atoms with Gasteiger partial charge in [-0.05, 0) is 74.9 Å². The summed E-state index contributed by atoms with van der Waals surface area (Å²) in [5.41, 5.74) is 4.61. The molecule has 1 aliphatic rings. The number of nitrogens with zero attached hydrogens (tertiary/aromatic N) is 3. The minimum absolute atomic E-state index is 0.159. The second-order valence-electron chi connectivity index (χ2n) is 11.4. The Morgan fingerprint density at radius 1 is 1.00 bits per heavy atom. The molecule has 0 spiro atoms. The predicted molar refractivity (Wildman–Crippen MR) is 166 cm³/mol. The summed E-state index contributed by atoms with van der Waals surface area (Å²) in [5.74, 6) is -0.416. The number of amides is 1. The van der Waals surface area contributed by atoms with Crippen molar-refractivity contribution in [3.05, 3.63) is 64.8 Å². The molecule has 3 heterocycles. The molecule has 4 aromatic rings. The van der Waals surface area contributed by atoms with Gasteiger partial charge in [0, 0.05) is 35.7 Å². The molecule has 0 unspecified atom stereocenters. The fourth-order valence-electron chi connectivity index (χ4n) is 4.96. The molecule has 2 aromatic heterocycles. The summed E-state index contributed by atoms with van der Waals surface area (Å²) in [7, 11) is 0. The fourth-order valence-corrected chi connectivity index (χ4v) is 5.86. The number of thiophene rings is 1. The Balaban J connectivity index is 1.33. The zero-order valence-electron chi connectivity index (χ0n) is 25.4. The second-order valence-corrected chi connectivity index (χ2v) is 12.3. The molecule has 0 atom stereocenters. The van der Waals surface area contributed by atoms with E-state index in [2.05, 4.69) is 16.3 Å². The molecule has 0 aliphatic carbocycles. The Hall–Kier alpha value is -4.09. The van der Waals surface area contributed by atoms with E-state index >= 15 is 0 Å². The number of hydrogen-bond acceptors (Lipinski definition) is 9. The van der Waals surface area contributed by atoms with Crippen LogP contribution in [0.25, 0.3) is 32.6 Å². The molecule has 9 nitrogen and oxygen atoms in total. The number of halogens is 1. The summed E-state index contributed by atoms with van der Waals surface area (Å²) < 4.78 is 37.0. The van der Waals surface area contributed by atoms with Crippen molar-refractivity contribution in [2.24, 2.45) is 0 Å². The van der Waals surface area contributed by atoms with Crippen LogP contribution < -0.4 is 4.74 Å². The molecular weight excluding hydrogens is 585 g/mol. The Morgan fingerprint density at radius 2 is 1.82 bits per heavy atom. The average molecular weight is 622 g/mol. The molecule has 0 radical (unpaired) electrons. The van der Waals surface area contributed by atoms with Crippen LogP contribution in [0.1, 0.15) is 45.2 Å². The van der Waals surface area contributed by atoms with Gasteiger partial charge in [0.15, 0.2) is 0 Å². The lowest BCUT2D eigenvalue weighted by atomic mass is 9.95. The van der Waals surface area contributed by atoms with E-state index in [9.17, 15) is 14.0 Å². The van der Waals surface area contributed by atoms with Crippen molar-refractivity contribution in [2.45, 2.75) is 52.7 Å². The molecule has 44 heavy (non-hydrogen) atoms. The van der Waals surface area contributed by atoms with Crippen molar-refractivity contribution < 1.29 is 32.9 Å². The van der Waals surface area contributed by atoms with Crippen molar-refractivity contribution >= 4 is 33.5 Å². The van der Waals surface area contributed by atoms with E-state index in [4.69, 9.17) is 18.9 Å². The van der Waals surface area contributed by atoms with Gasteiger partial charge in [-0.15, -0.1) is 21.5 Å². The Labute approximate surface area is 259 Å². The summed E-state index contributed by atoms with van der Waals surface area (Å²) in [4.78, 5) is 25.8. The summed E-state index contributed by atoms with van der Waals surface area (Å²) in [6.07, 6.45) is 0.564. The van der Waals surface area contributed by atoms with E-state index in [1.807, 2.05) is 44.4 Å². The van der Waals surface area contributed by atoms with Crippen LogP contribution in [0.2, 0.25) is 0 Å². The van der Waals surface area contributed by atoms with Crippen LogP contribution >= 0.6 is 11.3 Å². The van der Waals surface area contributed by atoms with Crippen LogP contribution in [0.5, 0.6) is 5.75 Å². The van der Waals surface area contributed by atoms with Crippen LogP contribution in [0.3, 0.4) is 0 Å². The van der Waals surface area contributed by atoms with Crippen molar-refractivity contribution in [3.8, 4) is 28.3 Å². The highest BCUT2D eigenvalue weighted by molar-refractivity contribution is 7.17. The number of ether oxygens (including phenoxy) is 4. The van der Waals surface area contributed by atoms with E-state index in [0.717, 1.165) is 32.5 Å². The molecule has 11 heteroatoms. The minimum Gasteiger partial charge on any atom is -0.490 e. The highest BCUT2D eigenvalue weighted by atomic mass is 32.1. The van der Waals surface area contributed by atoms with Gasteiger partial charge in [-0.3, -0.25) is 4.79 Å². The quantitative estimate of drug-likeness (QED) is 0.141. The van der Waals surface area contributed by atoms with E-state index < -0.39 is 11.4 Å². The number of esters is 1. The number of carbonyl (C=O) groups is 2. The van der Waals surface area contributed by atoms with Gasteiger partial charge in [-0.25, -0.2) is 9.18 Å². The predicted octanol–water partition coefficient (Wildman–Crippen LogP) is 6.81. The SMILES string of the molecule is CCOC(=O)CCOCCOc1cc(F)ccc1-c1nnc(-c2ccc3c(c2)CCN(C(=O)OC(C)(C)C)C3)c2ccsc12. The van der Waals surface area contributed by atoms with Crippen molar-refractivity contribution in [2.75, 3.05) is 33.0 Å². The third-order valence-corrected chi connectivity index (χ3v) is 7.89. The first-order valence-electron chi connectivity index (χ1n) is 14.6. The molecule has 0 saturated carbocycles. The normalized spacial score (nSPS) is 13.1. The van der Waals surface area contributed by atoms with Crippen LogP contribution in [0, 0.1) is 5.82 Å². The second kappa shape index (κ2) is 13.7. The molecule has 0 bridgehead atoms. The standard InChI is InChI=1S/C33H36FN3O6S/c1-5-41-28(38)11-14-40-15-16-42-27-19-24(34)8-9-25(27)30-31-26(12-17-44-31)29(35-36-30)22-6-7-23-20-37(13-10-21(23)18-22)32(39)43-33(2,3)4/h6-9,12,17-19H,5,10-11,13-16,20H2,1-4H3. The number of hydrogen-bond donors (Lipinski definition) is 0. The van der Waals surface area contributed by atoms with Crippen molar-refractivity contribution in [1.82, 2.24) is 15.1 Å². The number of rotatable bonds is 10. The first-order chi connectivity index (χ1) is 21.1. The number of fused-ring (bicyclic) bond motifs is 2. The maximum Gasteiger partial charge on any atom is 0.410 e. The topological polar surface area (TPSA) is 100 Å². The lowest BCUT2D eigenvalue weighted by Gasteiger charge is -2.31. The van der Waals surface area contributed by atoms with Gasteiger partial charge < -0.3 is 23.8 Å². The highest BCUT2D eigenvalue weighted by Crippen LogP contribution is 2.40. The molecule has 0 saturated heterocycles. The van der Waals surface area contributed by atoms with Gasteiger partial charge in [0.1, 0.15) is 35.2 Å². The van der Waals surface area contributed by atoms with Crippen LogP contribution in [-0.2, 0) is 32.0 Å². The van der Waals surface area contributed by atoms with Crippen molar-refractivity contribution in [1.29, 1.82) is 0 Å². The van der Waals surface area contributed by atoms with Crippen LogP contribution in [0.15, 0.2) is 47.8 Å². The Bertz CT molecular complexity index is 1650. The third-order valence-electron chi connectivity index (χ3n) is 6.97. The fraction of sp³-hybridized carbons (Fsp3) is 0.394. The van der Waals surface area contributed by atoms with Crippen molar-refractivity contribution in [3.63, 3.8) is 0 Å². The van der Waals surface area contributed by atoms with Gasteiger partial charge in [-0.2, -0.15) is 0 Å². The van der Waals surface area contributed by atoms with Crippen LogP contribution in [0.4, 0.5) is 9.18 Å². The molecule has 2 aromatic carbocycles. The van der Waals surface area contributed by atoms with Gasteiger partial charge in [0.25, 0.3) is 0 Å². The lowest BCUT2D eigenvalue weighted by Crippen LogP contribution is -2.39. The zero-order valence-corrected chi connectivity index (χ0v) is 26.2. The summed E-state index contributed by atoms with van der Waals surface area (Å²) in [6, 6.07) is 12.5. The van der Waals surface area contributed by atoms with E-state index in [-0.39, 0.29) is 38.3 Å². The highest BCUT2D eigenvalue weighted by Gasteiger charge is 2.26. The van der Waals surface area contributed by atoms with Gasteiger partial charge in [-0.1, -0.05) is 12.1 Å². The Morgan fingerprint density at radius 3 is 2.61 bits per heavy atom. The van der Waals surface area contributed by atoms with E-state index in [0.29, 0.717) is 43.1 Å². The number of carbonyl (C=O) groups excluding carboxylic acids is 2. The first-order valence-corrected chi connectivity index (χ1v) is 15.5. The number of benzene rings is 2. The molecule has 1 aliphatic heterocycles. The van der Waals surface area contributed by atoms with E-state index in [1.54, 1.807) is 17.9 Å². The van der Waals surface area contributed by atoms with Gasteiger partial charge in [0.05, 0.1) is 30.9 Å².